The van der Waals surface area contributed by atoms with Crippen molar-refractivity contribution >= 4 is 16.6 Å². The lowest BCUT2D eigenvalue weighted by Gasteiger charge is -2.13. The van der Waals surface area contributed by atoms with Crippen LogP contribution in [0.3, 0.4) is 0 Å². The van der Waals surface area contributed by atoms with Crippen LogP contribution in [0.5, 0.6) is 0 Å². The number of hydrogen-bond donors (Lipinski definition) is 0. The molecule has 0 spiro atoms. The average Bonchev–Trinajstić information content (AvgIpc) is 2.71. The first-order valence-corrected chi connectivity index (χ1v) is 6.84. The fourth-order valence-corrected chi connectivity index (χ4v) is 2.33. The van der Waals surface area contributed by atoms with E-state index in [-0.39, 0.29) is 0 Å². The monoisotopic (exact) mass is 244 g/mol. The van der Waals surface area contributed by atoms with E-state index in [9.17, 15) is 0 Å². The van der Waals surface area contributed by atoms with Crippen LogP contribution in [-0.2, 0) is 6.54 Å². The van der Waals surface area contributed by atoms with E-state index < -0.39 is 0 Å². The molecule has 0 aliphatic rings. The van der Waals surface area contributed by atoms with Crippen molar-refractivity contribution in [1.82, 2.24) is 4.57 Å². The second-order valence-electron chi connectivity index (χ2n) is 5.68. The summed E-state index contributed by atoms with van der Waals surface area (Å²) in [6, 6.07) is 8.91. The molecule has 0 saturated carbocycles. The minimum Gasteiger partial charge on any atom is -0.378 e. The molecule has 0 fully saturated rings. The van der Waals surface area contributed by atoms with Gasteiger partial charge in [0.1, 0.15) is 0 Å². The summed E-state index contributed by atoms with van der Waals surface area (Å²) in [5.74, 6) is 0.798. The van der Waals surface area contributed by atoms with Crippen LogP contribution in [0.15, 0.2) is 30.5 Å². The van der Waals surface area contributed by atoms with Crippen molar-refractivity contribution in [3.05, 3.63) is 30.5 Å². The number of benzene rings is 1. The largest absolute Gasteiger partial charge is 0.378 e. The number of aryl methyl sites for hydroxylation is 1. The molecular formula is C16H24N2. The molecule has 0 atom stereocenters. The second-order valence-corrected chi connectivity index (χ2v) is 5.68. The lowest BCUT2D eigenvalue weighted by Crippen LogP contribution is -2.08. The highest BCUT2D eigenvalue weighted by atomic mass is 15.1. The van der Waals surface area contributed by atoms with Crippen LogP contribution >= 0.6 is 0 Å². The van der Waals surface area contributed by atoms with E-state index in [0.717, 1.165) is 12.5 Å². The van der Waals surface area contributed by atoms with Crippen LogP contribution in [0, 0.1) is 5.92 Å². The molecule has 0 aliphatic heterocycles. The van der Waals surface area contributed by atoms with Crippen LogP contribution < -0.4 is 4.90 Å². The molecule has 2 heteroatoms. The Bertz CT molecular complexity index is 509. The molecule has 0 radical (unpaired) electrons. The summed E-state index contributed by atoms with van der Waals surface area (Å²) < 4.78 is 2.37. The Morgan fingerprint density at radius 1 is 1.17 bits per heavy atom. The highest BCUT2D eigenvalue weighted by Crippen LogP contribution is 2.22. The molecule has 0 amide bonds. The summed E-state index contributed by atoms with van der Waals surface area (Å²) in [5.41, 5.74) is 2.62. The maximum absolute atomic E-state index is 2.37. The van der Waals surface area contributed by atoms with Gasteiger partial charge in [-0.3, -0.25) is 0 Å². The zero-order chi connectivity index (χ0) is 13.1. The third kappa shape index (κ3) is 2.87. The number of nitrogens with zero attached hydrogens (tertiary/aromatic N) is 2. The SMILES string of the molecule is CC(C)CCCn1ccc2cc(N(C)C)ccc21. The Kier molecular flexibility index (Phi) is 3.95. The van der Waals surface area contributed by atoms with Crippen LogP contribution in [0.2, 0.25) is 0 Å². The molecule has 2 nitrogen and oxygen atoms in total. The van der Waals surface area contributed by atoms with Crippen LogP contribution in [0.25, 0.3) is 10.9 Å². The second kappa shape index (κ2) is 5.47. The molecule has 0 bridgehead atoms. The van der Waals surface area contributed by atoms with E-state index in [1.54, 1.807) is 0 Å². The van der Waals surface area contributed by atoms with Crippen molar-refractivity contribution in [2.24, 2.45) is 5.92 Å². The zero-order valence-corrected chi connectivity index (χ0v) is 12.0. The molecular weight excluding hydrogens is 220 g/mol. The molecule has 18 heavy (non-hydrogen) atoms. The Morgan fingerprint density at radius 2 is 1.94 bits per heavy atom. The predicted octanol–water partition coefficient (Wildman–Crippen LogP) is 4.14. The minimum atomic E-state index is 0.798. The summed E-state index contributed by atoms with van der Waals surface area (Å²) >= 11 is 0. The molecule has 0 saturated heterocycles. The molecule has 1 heterocycles. The third-order valence-corrected chi connectivity index (χ3v) is 3.45. The van der Waals surface area contributed by atoms with Gasteiger partial charge in [0.25, 0.3) is 0 Å². The molecule has 2 aromatic rings. The van der Waals surface area contributed by atoms with Crippen molar-refractivity contribution in [2.45, 2.75) is 33.2 Å². The maximum atomic E-state index is 2.37. The quantitative estimate of drug-likeness (QED) is 0.767. The van der Waals surface area contributed by atoms with E-state index in [1.165, 1.54) is 29.4 Å². The fourth-order valence-electron chi connectivity index (χ4n) is 2.33. The highest BCUT2D eigenvalue weighted by Gasteiger charge is 2.03. The van der Waals surface area contributed by atoms with Crippen molar-refractivity contribution < 1.29 is 0 Å². The summed E-state index contributed by atoms with van der Waals surface area (Å²) in [4.78, 5) is 2.15. The van der Waals surface area contributed by atoms with Crippen molar-refractivity contribution in [3.8, 4) is 0 Å². The molecule has 1 aromatic heterocycles. The van der Waals surface area contributed by atoms with E-state index >= 15 is 0 Å². The van der Waals surface area contributed by atoms with Crippen LogP contribution in [-0.4, -0.2) is 18.7 Å². The zero-order valence-electron chi connectivity index (χ0n) is 12.0. The Labute approximate surface area is 110 Å². The standard InChI is InChI=1S/C16H24N2/c1-13(2)6-5-10-18-11-9-14-12-15(17(3)4)7-8-16(14)18/h7-9,11-13H,5-6,10H2,1-4H3. The number of fused-ring (bicyclic) bond motifs is 1. The molecule has 0 unspecified atom stereocenters. The lowest BCUT2D eigenvalue weighted by atomic mass is 10.1. The number of aromatic nitrogens is 1. The Balaban J connectivity index is 2.16. The van der Waals surface area contributed by atoms with Gasteiger partial charge in [0.15, 0.2) is 0 Å². The number of hydrogen-bond acceptors (Lipinski definition) is 1. The Hall–Kier alpha value is -1.44. The van der Waals surface area contributed by atoms with Gasteiger partial charge < -0.3 is 9.47 Å². The first-order valence-electron chi connectivity index (χ1n) is 6.84. The topological polar surface area (TPSA) is 8.17 Å². The normalized spacial score (nSPS) is 11.4. The third-order valence-electron chi connectivity index (χ3n) is 3.45. The van der Waals surface area contributed by atoms with E-state index in [2.05, 4.69) is 67.9 Å². The van der Waals surface area contributed by atoms with E-state index in [4.69, 9.17) is 0 Å². The van der Waals surface area contributed by atoms with Gasteiger partial charge in [0.2, 0.25) is 0 Å². The van der Waals surface area contributed by atoms with Crippen molar-refractivity contribution in [3.63, 3.8) is 0 Å². The average molecular weight is 244 g/mol. The first kappa shape index (κ1) is 13.0. The van der Waals surface area contributed by atoms with Gasteiger partial charge in [0, 0.05) is 43.4 Å². The fraction of sp³-hybridized carbons (Fsp3) is 0.500. The number of anilines is 1. The molecule has 2 rings (SSSR count). The molecule has 0 N–H and O–H groups in total. The van der Waals surface area contributed by atoms with Crippen molar-refractivity contribution in [1.29, 1.82) is 0 Å². The van der Waals surface area contributed by atoms with E-state index in [1.807, 2.05) is 0 Å². The predicted molar refractivity (Wildman–Crippen MR) is 80.3 cm³/mol. The smallest absolute Gasteiger partial charge is 0.0481 e. The molecule has 98 valence electrons. The van der Waals surface area contributed by atoms with Gasteiger partial charge in [-0.05, 0) is 43.0 Å². The van der Waals surface area contributed by atoms with Gasteiger partial charge in [-0.15, -0.1) is 0 Å². The van der Waals surface area contributed by atoms with Gasteiger partial charge in [-0.2, -0.15) is 0 Å². The minimum absolute atomic E-state index is 0.798. The van der Waals surface area contributed by atoms with Gasteiger partial charge >= 0.3 is 0 Å². The van der Waals surface area contributed by atoms with Crippen LogP contribution in [0.1, 0.15) is 26.7 Å². The lowest BCUT2D eigenvalue weighted by molar-refractivity contribution is 0.518. The summed E-state index contributed by atoms with van der Waals surface area (Å²) in [7, 11) is 4.17. The summed E-state index contributed by atoms with van der Waals surface area (Å²) in [6.45, 7) is 5.71. The first-order chi connectivity index (χ1) is 8.58. The maximum Gasteiger partial charge on any atom is 0.0481 e. The summed E-state index contributed by atoms with van der Waals surface area (Å²) in [5, 5.41) is 1.34. The number of rotatable bonds is 5. The van der Waals surface area contributed by atoms with E-state index in [0.29, 0.717) is 0 Å². The molecule has 1 aromatic carbocycles. The Morgan fingerprint density at radius 3 is 2.61 bits per heavy atom. The van der Waals surface area contributed by atoms with Gasteiger partial charge in [0.05, 0.1) is 0 Å². The van der Waals surface area contributed by atoms with Crippen LogP contribution in [0.4, 0.5) is 5.69 Å². The van der Waals surface area contributed by atoms with Gasteiger partial charge in [-0.25, -0.2) is 0 Å². The highest BCUT2D eigenvalue weighted by molar-refractivity contribution is 5.83. The van der Waals surface area contributed by atoms with Gasteiger partial charge in [-0.1, -0.05) is 13.8 Å². The van der Waals surface area contributed by atoms with Crippen molar-refractivity contribution in [2.75, 3.05) is 19.0 Å². The summed E-state index contributed by atoms with van der Waals surface area (Å²) in [6.07, 6.45) is 4.77. The molecule has 0 aliphatic carbocycles.